The predicted octanol–water partition coefficient (Wildman–Crippen LogP) is 24.1. The summed E-state index contributed by atoms with van der Waals surface area (Å²) in [6.45, 7) is 6.35. The predicted molar refractivity (Wildman–Crippen MR) is 362 cm³/mol. The first-order valence-electron chi connectivity index (χ1n) is 34.7. The number of carbonyl (C=O) groups is 3. The molecule has 0 aliphatic rings. The van der Waals surface area contributed by atoms with Crippen LogP contribution in [0.5, 0.6) is 0 Å². The number of allylic oxidation sites excluding steroid dienone is 22. The number of hydrogen-bond acceptors (Lipinski definition) is 6. The number of unbranched alkanes of at least 4 members (excludes halogenated alkanes) is 29. The molecule has 0 N–H and O–H groups in total. The van der Waals surface area contributed by atoms with Gasteiger partial charge in [-0.2, -0.15) is 0 Å². The first-order chi connectivity index (χ1) is 41.0. The van der Waals surface area contributed by atoms with Crippen molar-refractivity contribution in [3.8, 4) is 0 Å². The lowest BCUT2D eigenvalue weighted by Crippen LogP contribution is -2.30. The Kier molecular flexibility index (Phi) is 66.3. The summed E-state index contributed by atoms with van der Waals surface area (Å²) in [6.07, 6.45) is 99.3. The Hall–Kier alpha value is -4.45. The van der Waals surface area contributed by atoms with E-state index in [-0.39, 0.29) is 31.6 Å². The molecule has 0 saturated heterocycles. The van der Waals surface area contributed by atoms with E-state index < -0.39 is 12.1 Å². The summed E-state index contributed by atoms with van der Waals surface area (Å²) in [5.41, 5.74) is 0. The zero-order chi connectivity index (χ0) is 59.9. The third-order valence-corrected chi connectivity index (χ3v) is 14.6. The summed E-state index contributed by atoms with van der Waals surface area (Å²) >= 11 is 0. The average molecular weight is 1150 g/mol. The van der Waals surface area contributed by atoms with Gasteiger partial charge in [0.05, 0.1) is 0 Å². The Morgan fingerprint density at radius 1 is 0.253 bits per heavy atom. The molecular weight excluding hydrogens is 1020 g/mol. The van der Waals surface area contributed by atoms with Crippen molar-refractivity contribution in [2.75, 3.05) is 13.2 Å². The van der Waals surface area contributed by atoms with Crippen molar-refractivity contribution in [1.29, 1.82) is 0 Å². The molecule has 0 aliphatic heterocycles. The lowest BCUT2D eigenvalue weighted by molar-refractivity contribution is -0.166. The number of esters is 3. The zero-order valence-electron chi connectivity index (χ0n) is 54.2. The molecule has 0 spiro atoms. The van der Waals surface area contributed by atoms with E-state index in [0.717, 1.165) is 116 Å². The fourth-order valence-electron chi connectivity index (χ4n) is 9.52. The Balaban J connectivity index is 4.39. The highest BCUT2D eigenvalue weighted by Crippen LogP contribution is 2.17. The first-order valence-corrected chi connectivity index (χ1v) is 34.7. The molecule has 0 aromatic carbocycles. The molecule has 0 aliphatic carbocycles. The molecule has 1 atom stereocenters. The lowest BCUT2D eigenvalue weighted by Gasteiger charge is -2.18. The Morgan fingerprint density at radius 3 is 0.795 bits per heavy atom. The lowest BCUT2D eigenvalue weighted by atomic mass is 10.0. The van der Waals surface area contributed by atoms with Gasteiger partial charge >= 0.3 is 17.9 Å². The second-order valence-electron chi connectivity index (χ2n) is 22.7. The van der Waals surface area contributed by atoms with E-state index in [1.165, 1.54) is 154 Å². The van der Waals surface area contributed by atoms with Gasteiger partial charge in [-0.15, -0.1) is 0 Å². The summed E-state index contributed by atoms with van der Waals surface area (Å²) < 4.78 is 16.9. The van der Waals surface area contributed by atoms with E-state index in [1.807, 2.05) is 6.08 Å². The summed E-state index contributed by atoms with van der Waals surface area (Å²) in [6, 6.07) is 0. The number of hydrogen-bond donors (Lipinski definition) is 0. The molecule has 0 fully saturated rings. The van der Waals surface area contributed by atoms with Gasteiger partial charge in [0.15, 0.2) is 6.10 Å². The van der Waals surface area contributed by atoms with E-state index in [0.29, 0.717) is 19.3 Å². The van der Waals surface area contributed by atoms with E-state index in [2.05, 4.69) is 148 Å². The van der Waals surface area contributed by atoms with Crippen LogP contribution in [0.1, 0.15) is 316 Å². The van der Waals surface area contributed by atoms with Crippen molar-refractivity contribution >= 4 is 17.9 Å². The largest absolute Gasteiger partial charge is 0.462 e. The maximum absolute atomic E-state index is 12.9. The SMILES string of the molecule is CC/C=C\C/C=C\C/C=C\C/C=C\C/C=C\C/C=C\CCC(=O)OC(COC(=O)CCCCCC/C=C\C/C=C\C/C=C\C/C=C\CC)COC(=O)CCCCCCCCCCCCCCCCCCC/C=C\CCCCCCCCCC. The highest BCUT2D eigenvalue weighted by atomic mass is 16.6. The minimum Gasteiger partial charge on any atom is -0.462 e. The van der Waals surface area contributed by atoms with Crippen LogP contribution in [0.2, 0.25) is 0 Å². The third kappa shape index (κ3) is 68.2. The molecular formula is C77H128O6. The molecule has 1 unspecified atom stereocenters. The normalized spacial score (nSPS) is 13.0. The van der Waals surface area contributed by atoms with Gasteiger partial charge < -0.3 is 14.2 Å². The Morgan fingerprint density at radius 2 is 0.494 bits per heavy atom. The third-order valence-electron chi connectivity index (χ3n) is 14.6. The Labute approximate surface area is 513 Å². The van der Waals surface area contributed by atoms with Gasteiger partial charge in [-0.3, -0.25) is 14.4 Å². The molecule has 0 rings (SSSR count). The highest BCUT2D eigenvalue weighted by molar-refractivity contribution is 5.71. The van der Waals surface area contributed by atoms with Gasteiger partial charge in [-0.1, -0.05) is 309 Å². The second-order valence-corrected chi connectivity index (χ2v) is 22.7. The Bertz CT molecular complexity index is 1750. The van der Waals surface area contributed by atoms with E-state index in [9.17, 15) is 14.4 Å². The zero-order valence-corrected chi connectivity index (χ0v) is 54.2. The fourth-order valence-corrected chi connectivity index (χ4v) is 9.52. The number of carbonyl (C=O) groups excluding carboxylic acids is 3. The molecule has 0 heterocycles. The molecule has 6 nitrogen and oxygen atoms in total. The second kappa shape index (κ2) is 70.0. The molecule has 0 saturated carbocycles. The van der Waals surface area contributed by atoms with E-state index in [4.69, 9.17) is 14.2 Å². The molecule has 83 heavy (non-hydrogen) atoms. The van der Waals surface area contributed by atoms with Crippen molar-refractivity contribution in [2.45, 2.75) is 322 Å². The molecule has 0 radical (unpaired) electrons. The summed E-state index contributed by atoms with van der Waals surface area (Å²) in [5.74, 6) is -1.02. The summed E-state index contributed by atoms with van der Waals surface area (Å²) in [5, 5.41) is 0. The van der Waals surface area contributed by atoms with Gasteiger partial charge in [0.2, 0.25) is 0 Å². The first kappa shape index (κ1) is 78.5. The van der Waals surface area contributed by atoms with Crippen LogP contribution >= 0.6 is 0 Å². The van der Waals surface area contributed by atoms with Gasteiger partial charge in [0.25, 0.3) is 0 Å². The number of ether oxygens (including phenoxy) is 3. The minimum atomic E-state index is -0.835. The van der Waals surface area contributed by atoms with Gasteiger partial charge in [-0.25, -0.2) is 0 Å². The van der Waals surface area contributed by atoms with Crippen molar-refractivity contribution < 1.29 is 28.6 Å². The summed E-state index contributed by atoms with van der Waals surface area (Å²) in [4.78, 5) is 38.4. The van der Waals surface area contributed by atoms with E-state index in [1.54, 1.807) is 0 Å². The van der Waals surface area contributed by atoms with Crippen LogP contribution in [0.4, 0.5) is 0 Å². The van der Waals surface area contributed by atoms with Crippen LogP contribution in [-0.2, 0) is 28.6 Å². The van der Waals surface area contributed by atoms with Crippen molar-refractivity contribution in [3.63, 3.8) is 0 Å². The molecule has 6 heteroatoms. The quantitative estimate of drug-likeness (QED) is 0.0261. The maximum Gasteiger partial charge on any atom is 0.306 e. The summed E-state index contributed by atoms with van der Waals surface area (Å²) in [7, 11) is 0. The molecule has 0 bridgehead atoms. The van der Waals surface area contributed by atoms with Crippen molar-refractivity contribution in [1.82, 2.24) is 0 Å². The van der Waals surface area contributed by atoms with Crippen LogP contribution < -0.4 is 0 Å². The van der Waals surface area contributed by atoms with Crippen LogP contribution in [0.15, 0.2) is 134 Å². The van der Waals surface area contributed by atoms with Crippen LogP contribution in [0.25, 0.3) is 0 Å². The van der Waals surface area contributed by atoms with Crippen LogP contribution in [-0.4, -0.2) is 37.2 Å². The minimum absolute atomic E-state index is 0.118. The smallest absolute Gasteiger partial charge is 0.306 e. The standard InChI is InChI=1S/C77H128O6/c1-4-7-10-13-16-19-22-25-28-31-33-34-35-36-37-38-39-40-41-42-44-46-49-52-55-58-61-64-67-70-76(79)82-73-74(72-81-75(78)69-66-63-60-57-54-51-48-45-30-27-24-21-18-15-12-9-6-3)83-77(80)71-68-65-62-59-56-53-50-47-43-32-29-26-23-20-17-14-11-8-5-2/h8-9,11-12,17-18,20-21,26-27,29-31,33,43,47-48,51,53,56,62,65,74H,4-7,10,13-16,19,22-25,28,32,34-42,44-46,49-50,52,54-55,57-61,63-64,66-73H2,1-3H3/b11-8-,12-9-,20-17-,21-18-,29-26-,30-27-,33-31-,47-43-,51-48-,56-53-,65-62-. The molecule has 0 aromatic rings. The monoisotopic (exact) mass is 1150 g/mol. The van der Waals surface area contributed by atoms with Gasteiger partial charge in [0.1, 0.15) is 13.2 Å². The molecule has 0 amide bonds. The van der Waals surface area contributed by atoms with E-state index >= 15 is 0 Å². The van der Waals surface area contributed by atoms with Gasteiger partial charge in [-0.05, 0) is 122 Å². The van der Waals surface area contributed by atoms with Crippen LogP contribution in [0.3, 0.4) is 0 Å². The van der Waals surface area contributed by atoms with Crippen LogP contribution in [0, 0.1) is 0 Å². The van der Waals surface area contributed by atoms with Crippen molar-refractivity contribution in [3.05, 3.63) is 134 Å². The molecule has 472 valence electrons. The van der Waals surface area contributed by atoms with Gasteiger partial charge in [0, 0.05) is 19.3 Å². The fraction of sp³-hybridized carbons (Fsp3) is 0.675. The topological polar surface area (TPSA) is 78.9 Å². The average Bonchev–Trinajstić information content (AvgIpc) is 3.49. The maximum atomic E-state index is 12.9. The number of rotatable bonds is 62. The highest BCUT2D eigenvalue weighted by Gasteiger charge is 2.19. The van der Waals surface area contributed by atoms with Crippen molar-refractivity contribution in [2.24, 2.45) is 0 Å². The molecule has 0 aromatic heterocycles.